The maximum atomic E-state index is 13.4. The quantitative estimate of drug-likeness (QED) is 0.687. The van der Waals surface area contributed by atoms with E-state index in [0.29, 0.717) is 36.5 Å². The number of carbonyl (C=O) groups is 1. The fraction of sp³-hybridized carbons (Fsp3) is 0.333. The summed E-state index contributed by atoms with van der Waals surface area (Å²) >= 11 is 0. The van der Waals surface area contributed by atoms with Gasteiger partial charge in [0, 0.05) is 25.1 Å². The van der Waals surface area contributed by atoms with E-state index < -0.39 is 0 Å². The lowest BCUT2D eigenvalue weighted by atomic mass is 9.77. The number of ether oxygens (including phenoxy) is 1. The molecule has 0 bridgehead atoms. The van der Waals surface area contributed by atoms with E-state index >= 15 is 0 Å². The van der Waals surface area contributed by atoms with Crippen molar-refractivity contribution in [3.05, 3.63) is 66.0 Å². The molecular formula is C21H23N5O3. The number of rotatable bonds is 6. The van der Waals surface area contributed by atoms with Crippen molar-refractivity contribution in [2.75, 3.05) is 26.8 Å². The number of tetrazole rings is 1. The minimum Gasteiger partial charge on any atom is -0.496 e. The van der Waals surface area contributed by atoms with Crippen molar-refractivity contribution in [3.63, 3.8) is 0 Å². The van der Waals surface area contributed by atoms with Gasteiger partial charge in [0.05, 0.1) is 18.4 Å². The summed E-state index contributed by atoms with van der Waals surface area (Å²) in [5.74, 6) is 0.402. The maximum Gasteiger partial charge on any atom is 0.257 e. The van der Waals surface area contributed by atoms with E-state index in [4.69, 9.17) is 4.74 Å². The molecule has 150 valence electrons. The van der Waals surface area contributed by atoms with Crippen LogP contribution in [-0.2, 0) is 5.41 Å². The monoisotopic (exact) mass is 393 g/mol. The second kappa shape index (κ2) is 8.00. The average Bonchev–Trinajstić information content (AvgIpc) is 3.45. The summed E-state index contributed by atoms with van der Waals surface area (Å²) in [5.41, 5.74) is 2.06. The molecule has 8 heteroatoms. The molecule has 0 saturated carbocycles. The summed E-state index contributed by atoms with van der Waals surface area (Å²) in [6.07, 6.45) is 2.90. The molecule has 2 heterocycles. The Morgan fingerprint density at radius 3 is 2.76 bits per heavy atom. The molecule has 1 aliphatic rings. The number of benzene rings is 2. The Morgan fingerprint density at radius 2 is 2.07 bits per heavy atom. The number of methoxy groups -OCH3 is 1. The third kappa shape index (κ3) is 3.58. The summed E-state index contributed by atoms with van der Waals surface area (Å²) < 4.78 is 6.93. The van der Waals surface area contributed by atoms with Crippen LogP contribution in [0.25, 0.3) is 5.69 Å². The first-order valence-corrected chi connectivity index (χ1v) is 9.54. The maximum absolute atomic E-state index is 13.4. The Balaban J connectivity index is 1.64. The number of hydrogen-bond donors (Lipinski definition) is 1. The van der Waals surface area contributed by atoms with Gasteiger partial charge >= 0.3 is 0 Å². The van der Waals surface area contributed by atoms with Gasteiger partial charge in [0.25, 0.3) is 5.91 Å². The van der Waals surface area contributed by atoms with E-state index in [1.54, 1.807) is 25.3 Å². The highest BCUT2D eigenvalue weighted by atomic mass is 16.5. The van der Waals surface area contributed by atoms with Crippen molar-refractivity contribution in [1.29, 1.82) is 0 Å². The molecule has 4 rings (SSSR count). The molecule has 1 unspecified atom stereocenters. The number of aliphatic hydroxyl groups excluding tert-OH is 1. The van der Waals surface area contributed by atoms with Crippen LogP contribution < -0.4 is 4.74 Å². The van der Waals surface area contributed by atoms with Gasteiger partial charge in [-0.25, -0.2) is 4.68 Å². The minimum absolute atomic E-state index is 0.0784. The molecule has 0 spiro atoms. The Bertz CT molecular complexity index is 977. The lowest BCUT2D eigenvalue weighted by molar-refractivity contribution is 0.0776. The summed E-state index contributed by atoms with van der Waals surface area (Å²) in [7, 11) is 1.55. The first-order chi connectivity index (χ1) is 14.2. The van der Waals surface area contributed by atoms with Crippen molar-refractivity contribution in [1.82, 2.24) is 25.1 Å². The van der Waals surface area contributed by atoms with Crippen molar-refractivity contribution in [2.45, 2.75) is 18.3 Å². The van der Waals surface area contributed by atoms with Gasteiger partial charge in [-0.15, -0.1) is 5.10 Å². The molecule has 29 heavy (non-hydrogen) atoms. The summed E-state index contributed by atoms with van der Waals surface area (Å²) in [5, 5.41) is 20.9. The molecule has 1 atom stereocenters. The Hall–Kier alpha value is -3.26. The van der Waals surface area contributed by atoms with E-state index in [9.17, 15) is 9.90 Å². The molecule has 8 nitrogen and oxygen atoms in total. The van der Waals surface area contributed by atoms with Crippen LogP contribution in [0.4, 0.5) is 0 Å². The van der Waals surface area contributed by atoms with Gasteiger partial charge in [-0.3, -0.25) is 4.79 Å². The number of carbonyl (C=O) groups excluding carboxylic acids is 1. The number of likely N-dealkylation sites (tertiary alicyclic amines) is 1. The van der Waals surface area contributed by atoms with Crippen LogP contribution in [0.2, 0.25) is 0 Å². The smallest absolute Gasteiger partial charge is 0.257 e. The number of hydrogen-bond acceptors (Lipinski definition) is 6. The summed E-state index contributed by atoms with van der Waals surface area (Å²) in [6.45, 7) is 1.25. The SMILES string of the molecule is COc1ccc(-n2cnnn2)cc1C(=O)N1CCC(CCO)(c2ccccc2)C1. The summed E-state index contributed by atoms with van der Waals surface area (Å²) in [6, 6.07) is 15.4. The van der Waals surface area contributed by atoms with Crippen molar-refractivity contribution < 1.29 is 14.6 Å². The first kappa shape index (κ1) is 19.1. The van der Waals surface area contributed by atoms with Gasteiger partial charge < -0.3 is 14.7 Å². The molecule has 1 fully saturated rings. The second-order valence-electron chi connectivity index (χ2n) is 7.24. The van der Waals surface area contributed by atoms with Crippen LogP contribution in [0.15, 0.2) is 54.9 Å². The van der Waals surface area contributed by atoms with Crippen LogP contribution in [0.1, 0.15) is 28.8 Å². The van der Waals surface area contributed by atoms with Gasteiger partial charge in [0.2, 0.25) is 0 Å². The minimum atomic E-state index is -0.244. The van der Waals surface area contributed by atoms with Gasteiger partial charge in [0.15, 0.2) is 0 Å². The Morgan fingerprint density at radius 1 is 1.24 bits per heavy atom. The van der Waals surface area contributed by atoms with Crippen LogP contribution >= 0.6 is 0 Å². The fourth-order valence-corrected chi connectivity index (χ4v) is 4.09. The molecule has 1 N–H and O–H groups in total. The van der Waals surface area contributed by atoms with Crippen molar-refractivity contribution >= 4 is 5.91 Å². The van der Waals surface area contributed by atoms with Gasteiger partial charge in [-0.05, 0) is 47.0 Å². The van der Waals surface area contributed by atoms with E-state index in [2.05, 4.69) is 27.7 Å². The molecule has 1 amide bonds. The van der Waals surface area contributed by atoms with Gasteiger partial charge in [-0.2, -0.15) is 0 Å². The highest BCUT2D eigenvalue weighted by Crippen LogP contribution is 2.38. The number of nitrogens with zero attached hydrogens (tertiary/aromatic N) is 5. The van der Waals surface area contributed by atoms with Gasteiger partial charge in [0.1, 0.15) is 12.1 Å². The molecule has 1 aliphatic heterocycles. The molecule has 3 aromatic rings. The lowest BCUT2D eigenvalue weighted by Crippen LogP contribution is -2.35. The van der Waals surface area contributed by atoms with E-state index in [0.717, 1.165) is 12.0 Å². The molecule has 0 aliphatic carbocycles. The lowest BCUT2D eigenvalue weighted by Gasteiger charge is -2.29. The van der Waals surface area contributed by atoms with Crippen LogP contribution in [0.5, 0.6) is 5.75 Å². The predicted octanol–water partition coefficient (Wildman–Crippen LogP) is 1.84. The zero-order chi connectivity index (χ0) is 20.3. The normalized spacial score (nSPS) is 18.8. The molecule has 1 saturated heterocycles. The molecule has 0 radical (unpaired) electrons. The standard InChI is InChI=1S/C21H23N5O3/c1-29-19-8-7-17(26-15-22-23-24-26)13-18(19)20(28)25-11-9-21(14-25,10-12-27)16-5-3-2-4-6-16/h2-8,13,15,27H,9-12,14H2,1H3. The summed E-state index contributed by atoms with van der Waals surface area (Å²) in [4.78, 5) is 15.2. The highest BCUT2D eigenvalue weighted by Gasteiger charge is 2.41. The number of aliphatic hydroxyl groups is 1. The Kier molecular flexibility index (Phi) is 5.26. The zero-order valence-corrected chi connectivity index (χ0v) is 16.2. The topological polar surface area (TPSA) is 93.4 Å². The highest BCUT2D eigenvalue weighted by molar-refractivity contribution is 5.97. The third-order valence-corrected chi connectivity index (χ3v) is 5.64. The van der Waals surface area contributed by atoms with Gasteiger partial charge in [-0.1, -0.05) is 30.3 Å². The van der Waals surface area contributed by atoms with E-state index in [1.807, 2.05) is 23.1 Å². The zero-order valence-electron chi connectivity index (χ0n) is 16.2. The van der Waals surface area contributed by atoms with Crippen molar-refractivity contribution in [3.8, 4) is 11.4 Å². The van der Waals surface area contributed by atoms with Crippen LogP contribution in [0.3, 0.4) is 0 Å². The third-order valence-electron chi connectivity index (χ3n) is 5.64. The fourth-order valence-electron chi connectivity index (χ4n) is 4.09. The van der Waals surface area contributed by atoms with Crippen LogP contribution in [0, 0.1) is 0 Å². The molecule has 1 aromatic heterocycles. The largest absolute Gasteiger partial charge is 0.496 e. The number of aromatic nitrogens is 4. The Labute approximate surface area is 168 Å². The number of amides is 1. The van der Waals surface area contributed by atoms with Crippen LogP contribution in [-0.4, -0.2) is 62.9 Å². The predicted molar refractivity (Wildman–Crippen MR) is 106 cm³/mol. The second-order valence-corrected chi connectivity index (χ2v) is 7.24. The van der Waals surface area contributed by atoms with Crippen molar-refractivity contribution in [2.24, 2.45) is 0 Å². The first-order valence-electron chi connectivity index (χ1n) is 9.54. The van der Waals surface area contributed by atoms with E-state index in [1.165, 1.54) is 11.0 Å². The molecular weight excluding hydrogens is 370 g/mol. The average molecular weight is 393 g/mol. The molecule has 2 aromatic carbocycles. The van der Waals surface area contributed by atoms with E-state index in [-0.39, 0.29) is 17.9 Å².